The van der Waals surface area contributed by atoms with E-state index in [4.69, 9.17) is 10.5 Å². The third kappa shape index (κ3) is 4.30. The summed E-state index contributed by atoms with van der Waals surface area (Å²) in [5.74, 6) is 0.717. The van der Waals surface area contributed by atoms with Gasteiger partial charge in [-0.15, -0.1) is 0 Å². The molecule has 30 heavy (non-hydrogen) atoms. The van der Waals surface area contributed by atoms with Crippen LogP contribution in [0.1, 0.15) is 41.6 Å². The first kappa shape index (κ1) is 19.9. The number of anilines is 1. The number of alkyl halides is 3. The van der Waals surface area contributed by atoms with Crippen molar-refractivity contribution < 1.29 is 17.9 Å². The number of aromatic nitrogens is 2. The molecule has 0 amide bonds. The molecule has 1 aromatic heterocycles. The predicted octanol–water partition coefficient (Wildman–Crippen LogP) is 5.75. The molecule has 0 saturated heterocycles. The number of hydrogen-bond acceptors (Lipinski definition) is 4. The lowest BCUT2D eigenvalue weighted by atomic mass is 9.97. The van der Waals surface area contributed by atoms with E-state index in [1.165, 1.54) is 18.3 Å². The van der Waals surface area contributed by atoms with Gasteiger partial charge in [-0.3, -0.25) is 4.98 Å². The molecule has 0 unspecified atom stereocenters. The normalized spacial score (nSPS) is 14.2. The van der Waals surface area contributed by atoms with Crippen LogP contribution < -0.4 is 10.5 Å². The zero-order chi connectivity index (χ0) is 21.1. The van der Waals surface area contributed by atoms with Crippen molar-refractivity contribution in [2.75, 3.05) is 5.73 Å². The van der Waals surface area contributed by atoms with Gasteiger partial charge in [0.15, 0.2) is 0 Å². The number of halogens is 3. The molecule has 2 aromatic carbocycles. The number of rotatable bonds is 5. The molecule has 1 aliphatic rings. The summed E-state index contributed by atoms with van der Waals surface area (Å²) in [5.41, 5.74) is 8.63. The molecule has 7 heteroatoms. The predicted molar refractivity (Wildman–Crippen MR) is 109 cm³/mol. The lowest BCUT2D eigenvalue weighted by Gasteiger charge is -2.17. The molecule has 0 fully saturated rings. The van der Waals surface area contributed by atoms with Crippen molar-refractivity contribution in [1.29, 1.82) is 0 Å². The van der Waals surface area contributed by atoms with Crippen LogP contribution in [-0.4, -0.2) is 9.97 Å². The van der Waals surface area contributed by atoms with E-state index in [1.807, 2.05) is 30.3 Å². The monoisotopic (exact) mass is 411 g/mol. The quantitative estimate of drug-likeness (QED) is 0.581. The van der Waals surface area contributed by atoms with Gasteiger partial charge >= 0.3 is 6.18 Å². The minimum atomic E-state index is -4.44. The minimum absolute atomic E-state index is 0.267. The lowest BCUT2D eigenvalue weighted by molar-refractivity contribution is -0.137. The van der Waals surface area contributed by atoms with Crippen molar-refractivity contribution in [2.24, 2.45) is 0 Å². The van der Waals surface area contributed by atoms with Crippen molar-refractivity contribution in [3.63, 3.8) is 0 Å². The molecule has 0 aliphatic heterocycles. The van der Waals surface area contributed by atoms with Crippen molar-refractivity contribution in [1.82, 2.24) is 9.97 Å². The average Bonchev–Trinajstić information content (AvgIpc) is 3.22. The van der Waals surface area contributed by atoms with Crippen molar-refractivity contribution in [3.8, 4) is 5.75 Å². The van der Waals surface area contributed by atoms with E-state index >= 15 is 0 Å². The van der Waals surface area contributed by atoms with E-state index in [-0.39, 0.29) is 6.61 Å². The van der Waals surface area contributed by atoms with Gasteiger partial charge in [-0.1, -0.05) is 30.3 Å². The SMILES string of the molecule is Nc1cnc(C2=C(c3cc(C(F)(F)F)ccc3OCc3ccccc3)CCC2)cn1. The van der Waals surface area contributed by atoms with Crippen LogP contribution in [0.5, 0.6) is 5.75 Å². The molecule has 0 bridgehead atoms. The number of nitrogens with zero attached hydrogens (tertiary/aromatic N) is 2. The second-order valence-corrected chi connectivity index (χ2v) is 7.12. The second kappa shape index (κ2) is 8.18. The van der Waals surface area contributed by atoms with Crippen molar-refractivity contribution in [2.45, 2.75) is 32.0 Å². The van der Waals surface area contributed by atoms with Gasteiger partial charge in [0.25, 0.3) is 0 Å². The van der Waals surface area contributed by atoms with E-state index in [1.54, 1.807) is 6.20 Å². The highest BCUT2D eigenvalue weighted by Crippen LogP contribution is 2.44. The van der Waals surface area contributed by atoms with Gasteiger partial charge in [0.1, 0.15) is 18.2 Å². The second-order valence-electron chi connectivity index (χ2n) is 7.12. The molecule has 154 valence electrons. The summed E-state index contributed by atoms with van der Waals surface area (Å²) < 4.78 is 46.2. The van der Waals surface area contributed by atoms with Crippen molar-refractivity contribution in [3.05, 3.63) is 83.3 Å². The van der Waals surface area contributed by atoms with E-state index in [0.29, 0.717) is 35.7 Å². The van der Waals surface area contributed by atoms with E-state index in [9.17, 15) is 13.2 Å². The molecule has 0 saturated carbocycles. The zero-order valence-corrected chi connectivity index (χ0v) is 16.1. The largest absolute Gasteiger partial charge is 0.488 e. The average molecular weight is 411 g/mol. The van der Waals surface area contributed by atoms with E-state index < -0.39 is 11.7 Å². The fourth-order valence-corrected chi connectivity index (χ4v) is 3.62. The number of allylic oxidation sites excluding steroid dienone is 2. The van der Waals surface area contributed by atoms with E-state index in [0.717, 1.165) is 29.2 Å². The molecule has 0 spiro atoms. The summed E-state index contributed by atoms with van der Waals surface area (Å²) in [7, 11) is 0. The molecule has 3 aromatic rings. The first-order valence-electron chi connectivity index (χ1n) is 9.60. The number of hydrogen-bond donors (Lipinski definition) is 1. The Balaban J connectivity index is 1.77. The van der Waals surface area contributed by atoms with Crippen LogP contribution in [0.2, 0.25) is 0 Å². The summed E-state index contributed by atoms with van der Waals surface area (Å²) in [4.78, 5) is 8.40. The fraction of sp³-hybridized carbons (Fsp3) is 0.217. The number of benzene rings is 2. The molecular formula is C23H20F3N3O. The van der Waals surface area contributed by atoms with Gasteiger partial charge in [-0.25, -0.2) is 4.98 Å². The maximum atomic E-state index is 13.4. The molecule has 0 radical (unpaired) electrons. The van der Waals surface area contributed by atoms with Gasteiger partial charge in [0, 0.05) is 5.56 Å². The van der Waals surface area contributed by atoms with Crippen LogP contribution in [0.15, 0.2) is 60.9 Å². The summed E-state index contributed by atoms with van der Waals surface area (Å²) in [6.45, 7) is 0.267. The van der Waals surface area contributed by atoms with Crippen LogP contribution in [0.4, 0.5) is 19.0 Å². The maximum absolute atomic E-state index is 13.4. The molecule has 1 heterocycles. The fourth-order valence-electron chi connectivity index (χ4n) is 3.62. The number of nitrogens with two attached hydrogens (primary N) is 1. The van der Waals surface area contributed by atoms with Gasteiger partial charge in [0.05, 0.1) is 23.7 Å². The Morgan fingerprint density at radius 2 is 1.70 bits per heavy atom. The molecule has 4 rings (SSSR count). The van der Waals surface area contributed by atoms with Crippen LogP contribution in [0.25, 0.3) is 11.1 Å². The highest BCUT2D eigenvalue weighted by molar-refractivity contribution is 5.93. The van der Waals surface area contributed by atoms with Gasteiger partial charge in [-0.2, -0.15) is 13.2 Å². The molecule has 0 atom stereocenters. The summed E-state index contributed by atoms with van der Waals surface area (Å²) in [6, 6.07) is 13.1. The number of ether oxygens (including phenoxy) is 1. The minimum Gasteiger partial charge on any atom is -0.488 e. The van der Waals surface area contributed by atoms with Gasteiger partial charge in [-0.05, 0) is 54.2 Å². The lowest BCUT2D eigenvalue weighted by Crippen LogP contribution is -2.07. The number of nitrogen functional groups attached to an aromatic ring is 1. The molecular weight excluding hydrogens is 391 g/mol. The van der Waals surface area contributed by atoms with Crippen LogP contribution in [0.3, 0.4) is 0 Å². The Bertz CT molecular complexity index is 1060. The smallest absolute Gasteiger partial charge is 0.416 e. The zero-order valence-electron chi connectivity index (χ0n) is 16.1. The maximum Gasteiger partial charge on any atom is 0.416 e. The topological polar surface area (TPSA) is 61.0 Å². The molecule has 4 nitrogen and oxygen atoms in total. The first-order chi connectivity index (χ1) is 14.4. The Labute approximate surface area is 172 Å². The third-order valence-corrected chi connectivity index (χ3v) is 5.07. The Morgan fingerprint density at radius 1 is 0.933 bits per heavy atom. The highest BCUT2D eigenvalue weighted by Gasteiger charge is 2.32. The third-order valence-electron chi connectivity index (χ3n) is 5.07. The standard InChI is InChI=1S/C23H20F3N3O/c24-23(25,26)16-9-10-21(30-14-15-5-2-1-3-6-15)19(11-16)17-7-4-8-18(17)20-12-29-22(27)13-28-20/h1-3,5-6,9-13H,4,7-8,14H2,(H2,27,29). The Kier molecular flexibility index (Phi) is 5.44. The summed E-state index contributed by atoms with van der Waals surface area (Å²) in [5, 5.41) is 0. The summed E-state index contributed by atoms with van der Waals surface area (Å²) >= 11 is 0. The summed E-state index contributed by atoms with van der Waals surface area (Å²) in [6.07, 6.45) is 0.760. The first-order valence-corrected chi connectivity index (χ1v) is 9.60. The Hall–Kier alpha value is -3.35. The molecule has 2 N–H and O–H groups in total. The van der Waals surface area contributed by atoms with Gasteiger partial charge < -0.3 is 10.5 Å². The van der Waals surface area contributed by atoms with Crippen LogP contribution >= 0.6 is 0 Å². The molecule has 1 aliphatic carbocycles. The Morgan fingerprint density at radius 3 is 2.40 bits per heavy atom. The van der Waals surface area contributed by atoms with Crippen molar-refractivity contribution >= 4 is 17.0 Å². The van der Waals surface area contributed by atoms with Crippen LogP contribution in [0, 0.1) is 0 Å². The highest BCUT2D eigenvalue weighted by atomic mass is 19.4. The van der Waals surface area contributed by atoms with Gasteiger partial charge in [0.2, 0.25) is 0 Å². The van der Waals surface area contributed by atoms with E-state index in [2.05, 4.69) is 9.97 Å². The van der Waals surface area contributed by atoms with Crippen LogP contribution in [-0.2, 0) is 12.8 Å².